The zero-order chi connectivity index (χ0) is 11.4. The first-order valence-corrected chi connectivity index (χ1v) is 5.62. The van der Waals surface area contributed by atoms with Crippen LogP contribution in [-0.2, 0) is 6.54 Å². The predicted molar refractivity (Wildman–Crippen MR) is 75.1 cm³/mol. The fourth-order valence-corrected chi connectivity index (χ4v) is 1.94. The molecule has 0 spiro atoms. The maximum Gasteiger partial charge on any atom is 0.123 e. The number of methoxy groups -OCH3 is 1. The van der Waals surface area contributed by atoms with Crippen LogP contribution in [-0.4, -0.2) is 13.7 Å². The summed E-state index contributed by atoms with van der Waals surface area (Å²) in [5.74, 6) is 0.958. The Morgan fingerprint density at radius 3 is 2.59 bits per heavy atom. The lowest BCUT2D eigenvalue weighted by Crippen LogP contribution is -2.12. The van der Waals surface area contributed by atoms with E-state index >= 15 is 0 Å². The first-order chi connectivity index (χ1) is 7.86. The van der Waals surface area contributed by atoms with E-state index in [1.165, 1.54) is 16.3 Å². The van der Waals surface area contributed by atoms with Crippen LogP contribution in [0.5, 0.6) is 5.75 Å². The Bertz CT molecular complexity index is 485. The molecule has 17 heavy (non-hydrogen) atoms. The Morgan fingerprint density at radius 2 is 1.88 bits per heavy atom. The van der Waals surface area contributed by atoms with Gasteiger partial charge in [-0.15, -0.1) is 12.4 Å². The minimum absolute atomic E-state index is 0. The molecule has 0 saturated carbocycles. The molecular weight excluding hydrogens is 234 g/mol. The topological polar surface area (TPSA) is 21.3 Å². The van der Waals surface area contributed by atoms with Crippen molar-refractivity contribution in [2.45, 2.75) is 13.5 Å². The summed E-state index contributed by atoms with van der Waals surface area (Å²) in [5.41, 5.74) is 1.24. The van der Waals surface area contributed by atoms with E-state index in [9.17, 15) is 0 Å². The SMILES string of the molecule is CCNCc1c(OC)ccc2ccccc12.Cl. The van der Waals surface area contributed by atoms with Gasteiger partial charge in [0.1, 0.15) is 5.75 Å². The van der Waals surface area contributed by atoms with Gasteiger partial charge in [0.2, 0.25) is 0 Å². The van der Waals surface area contributed by atoms with Crippen molar-refractivity contribution in [3.8, 4) is 5.75 Å². The maximum atomic E-state index is 5.41. The van der Waals surface area contributed by atoms with Crippen LogP contribution in [0.25, 0.3) is 10.8 Å². The number of hydrogen-bond acceptors (Lipinski definition) is 2. The third-order valence-corrected chi connectivity index (χ3v) is 2.77. The molecule has 0 fully saturated rings. The van der Waals surface area contributed by atoms with Crippen LogP contribution in [0.1, 0.15) is 12.5 Å². The highest BCUT2D eigenvalue weighted by Gasteiger charge is 2.06. The van der Waals surface area contributed by atoms with Crippen LogP contribution in [0.4, 0.5) is 0 Å². The summed E-state index contributed by atoms with van der Waals surface area (Å²) < 4.78 is 5.41. The average molecular weight is 252 g/mol. The molecule has 2 rings (SSSR count). The van der Waals surface area contributed by atoms with Crippen molar-refractivity contribution in [1.29, 1.82) is 0 Å². The van der Waals surface area contributed by atoms with E-state index in [0.29, 0.717) is 0 Å². The van der Waals surface area contributed by atoms with Crippen molar-refractivity contribution < 1.29 is 4.74 Å². The quantitative estimate of drug-likeness (QED) is 0.900. The molecule has 0 amide bonds. The Hall–Kier alpha value is -1.25. The minimum atomic E-state index is 0. The van der Waals surface area contributed by atoms with Crippen LogP contribution in [0, 0.1) is 0 Å². The van der Waals surface area contributed by atoms with Gasteiger partial charge in [-0.2, -0.15) is 0 Å². The second-order valence-corrected chi connectivity index (χ2v) is 3.75. The van der Waals surface area contributed by atoms with Crippen LogP contribution < -0.4 is 10.1 Å². The minimum Gasteiger partial charge on any atom is -0.496 e. The van der Waals surface area contributed by atoms with E-state index in [0.717, 1.165) is 18.8 Å². The molecule has 1 N–H and O–H groups in total. The van der Waals surface area contributed by atoms with Gasteiger partial charge in [-0.3, -0.25) is 0 Å². The lowest BCUT2D eigenvalue weighted by molar-refractivity contribution is 0.409. The first kappa shape index (κ1) is 13.8. The lowest BCUT2D eigenvalue weighted by Gasteiger charge is -2.12. The average Bonchev–Trinajstić information content (AvgIpc) is 2.35. The largest absolute Gasteiger partial charge is 0.496 e. The van der Waals surface area contributed by atoms with Crippen molar-refractivity contribution in [1.82, 2.24) is 5.32 Å². The second-order valence-electron chi connectivity index (χ2n) is 3.75. The standard InChI is InChI=1S/C14H17NO.ClH/c1-3-15-10-13-12-7-5-4-6-11(12)8-9-14(13)16-2;/h4-9,15H,3,10H2,1-2H3;1H. The fraction of sp³-hybridized carbons (Fsp3) is 0.286. The van der Waals surface area contributed by atoms with Crippen LogP contribution >= 0.6 is 12.4 Å². The van der Waals surface area contributed by atoms with Crippen LogP contribution in [0.3, 0.4) is 0 Å². The highest BCUT2D eigenvalue weighted by Crippen LogP contribution is 2.27. The monoisotopic (exact) mass is 251 g/mol. The zero-order valence-corrected chi connectivity index (χ0v) is 11.0. The molecule has 2 nitrogen and oxygen atoms in total. The fourth-order valence-electron chi connectivity index (χ4n) is 1.94. The van der Waals surface area contributed by atoms with E-state index in [1.807, 2.05) is 6.07 Å². The Morgan fingerprint density at radius 1 is 1.12 bits per heavy atom. The Labute approximate surface area is 108 Å². The van der Waals surface area contributed by atoms with Crippen molar-refractivity contribution in [2.75, 3.05) is 13.7 Å². The van der Waals surface area contributed by atoms with Gasteiger partial charge in [0.05, 0.1) is 7.11 Å². The number of hydrogen-bond donors (Lipinski definition) is 1. The van der Waals surface area contributed by atoms with Crippen LogP contribution in [0.2, 0.25) is 0 Å². The van der Waals surface area contributed by atoms with E-state index in [-0.39, 0.29) is 12.4 Å². The molecule has 0 aliphatic carbocycles. The summed E-state index contributed by atoms with van der Waals surface area (Å²) in [4.78, 5) is 0. The number of fused-ring (bicyclic) bond motifs is 1. The summed E-state index contributed by atoms with van der Waals surface area (Å²) in [5, 5.41) is 5.88. The number of ether oxygens (including phenoxy) is 1. The molecule has 0 aliphatic rings. The predicted octanol–water partition coefficient (Wildman–Crippen LogP) is 3.38. The van der Waals surface area contributed by atoms with Gasteiger partial charge in [-0.1, -0.05) is 37.3 Å². The number of halogens is 1. The second kappa shape index (κ2) is 6.48. The van der Waals surface area contributed by atoms with E-state index in [2.05, 4.69) is 42.6 Å². The Balaban J connectivity index is 0.00000144. The van der Waals surface area contributed by atoms with Gasteiger partial charge in [-0.25, -0.2) is 0 Å². The first-order valence-electron chi connectivity index (χ1n) is 5.62. The smallest absolute Gasteiger partial charge is 0.123 e. The molecule has 92 valence electrons. The maximum absolute atomic E-state index is 5.41. The van der Waals surface area contributed by atoms with Gasteiger partial charge in [0.25, 0.3) is 0 Å². The molecule has 0 atom stereocenters. The Kier molecular flexibility index (Phi) is 5.26. The highest BCUT2D eigenvalue weighted by atomic mass is 35.5. The normalized spacial score (nSPS) is 10.0. The van der Waals surface area contributed by atoms with Crippen molar-refractivity contribution >= 4 is 23.2 Å². The third kappa shape index (κ3) is 2.90. The van der Waals surface area contributed by atoms with Crippen molar-refractivity contribution in [3.63, 3.8) is 0 Å². The van der Waals surface area contributed by atoms with Crippen molar-refractivity contribution in [2.24, 2.45) is 0 Å². The molecule has 0 saturated heterocycles. The number of nitrogens with one attached hydrogen (secondary N) is 1. The molecule has 0 radical (unpaired) electrons. The van der Waals surface area contributed by atoms with Gasteiger partial charge >= 0.3 is 0 Å². The molecule has 0 heterocycles. The third-order valence-electron chi connectivity index (χ3n) is 2.77. The lowest BCUT2D eigenvalue weighted by atomic mass is 10.0. The molecule has 3 heteroatoms. The van der Waals surface area contributed by atoms with E-state index < -0.39 is 0 Å². The zero-order valence-electron chi connectivity index (χ0n) is 10.2. The summed E-state index contributed by atoms with van der Waals surface area (Å²) in [6.07, 6.45) is 0. The van der Waals surface area contributed by atoms with Gasteiger partial charge < -0.3 is 10.1 Å². The summed E-state index contributed by atoms with van der Waals surface area (Å²) in [7, 11) is 1.72. The van der Waals surface area contributed by atoms with Gasteiger partial charge in [-0.05, 0) is 23.4 Å². The van der Waals surface area contributed by atoms with Gasteiger partial charge in [0.15, 0.2) is 0 Å². The van der Waals surface area contributed by atoms with Gasteiger partial charge in [0, 0.05) is 12.1 Å². The molecule has 0 aliphatic heterocycles. The number of rotatable bonds is 4. The summed E-state index contributed by atoms with van der Waals surface area (Å²) >= 11 is 0. The molecule has 2 aromatic carbocycles. The highest BCUT2D eigenvalue weighted by molar-refractivity contribution is 5.87. The van der Waals surface area contributed by atoms with E-state index in [4.69, 9.17) is 4.74 Å². The van der Waals surface area contributed by atoms with Crippen molar-refractivity contribution in [3.05, 3.63) is 42.0 Å². The molecule has 0 unspecified atom stereocenters. The number of benzene rings is 2. The van der Waals surface area contributed by atoms with Crippen LogP contribution in [0.15, 0.2) is 36.4 Å². The summed E-state index contributed by atoms with van der Waals surface area (Å²) in [6, 6.07) is 12.5. The molecule has 0 bridgehead atoms. The van der Waals surface area contributed by atoms with E-state index in [1.54, 1.807) is 7.11 Å². The molecular formula is C14H18ClNO. The molecule has 2 aromatic rings. The molecule has 0 aromatic heterocycles. The summed E-state index contributed by atoms with van der Waals surface area (Å²) in [6.45, 7) is 3.92.